The van der Waals surface area contributed by atoms with Crippen LogP contribution in [0.1, 0.15) is 6.42 Å². The van der Waals surface area contributed by atoms with E-state index in [1.165, 1.54) is 36.6 Å². The largest absolute Gasteiger partial charge is 0.508 e. The minimum absolute atomic E-state index is 0.0365. The molecule has 6 rings (SSSR count). The van der Waals surface area contributed by atoms with E-state index in [4.69, 9.17) is 23.5 Å². The second kappa shape index (κ2) is 14.5. The molecule has 49 heavy (non-hydrogen) atoms. The van der Waals surface area contributed by atoms with Crippen molar-refractivity contribution in [2.45, 2.75) is 43.2 Å². The molecule has 6 N–H and O–H groups in total. The summed E-state index contributed by atoms with van der Waals surface area (Å²) in [6, 6.07) is 8.66. The van der Waals surface area contributed by atoms with Crippen molar-refractivity contribution in [3.63, 3.8) is 0 Å². The van der Waals surface area contributed by atoms with Crippen LogP contribution in [0.25, 0.3) is 22.1 Å². The third-order valence-corrected chi connectivity index (χ3v) is 8.07. The molecule has 1 aromatic heterocycles. The van der Waals surface area contributed by atoms with E-state index in [0.29, 0.717) is 29.2 Å². The quantitative estimate of drug-likeness (QED) is 0.0564. The first-order valence-electron chi connectivity index (χ1n) is 15.2. The highest BCUT2D eigenvalue weighted by atomic mass is 16.8. The fraction of sp³-hybridized carbons (Fsp3) is 0.303. The number of phenolic OH excluding ortho intramolecular Hbond substituents is 1. The van der Waals surface area contributed by atoms with Gasteiger partial charge in [0.2, 0.25) is 18.4 Å². The molecule has 2 aromatic carbocycles. The normalized spacial score (nSPS) is 24.9. The number of esters is 1. The van der Waals surface area contributed by atoms with Gasteiger partial charge in [-0.15, -0.1) is 0 Å². The molecule has 3 aliphatic heterocycles. The Morgan fingerprint density at radius 3 is 2.67 bits per heavy atom. The molecule has 7 unspecified atom stereocenters. The molecule has 3 aromatic rings. The van der Waals surface area contributed by atoms with Gasteiger partial charge in [-0.25, -0.2) is 9.59 Å². The average Bonchev–Trinajstić information content (AvgIpc) is 3.68. The van der Waals surface area contributed by atoms with E-state index in [1.54, 1.807) is 24.5 Å². The van der Waals surface area contributed by atoms with Gasteiger partial charge in [0.25, 0.3) is 0 Å². The van der Waals surface area contributed by atoms with Crippen LogP contribution in [0.2, 0.25) is 0 Å². The van der Waals surface area contributed by atoms with Gasteiger partial charge in [0.15, 0.2) is 11.6 Å². The van der Waals surface area contributed by atoms with Gasteiger partial charge in [0.05, 0.1) is 10.9 Å². The number of aliphatic hydroxyl groups excluding tert-OH is 2. The summed E-state index contributed by atoms with van der Waals surface area (Å²) in [7, 11) is 0. The number of carbonyl (C=O) groups excluding carboxylic acids is 2. The third-order valence-electron chi connectivity index (χ3n) is 8.07. The van der Waals surface area contributed by atoms with Gasteiger partial charge in [0, 0.05) is 30.8 Å². The third kappa shape index (κ3) is 7.29. The highest BCUT2D eigenvalue weighted by Crippen LogP contribution is 2.29. The van der Waals surface area contributed by atoms with E-state index in [9.17, 15) is 39.6 Å². The zero-order valence-electron chi connectivity index (χ0n) is 25.6. The van der Waals surface area contributed by atoms with Crippen molar-refractivity contribution in [1.29, 1.82) is 0 Å². The molecular weight excluding hydrogens is 646 g/mol. The van der Waals surface area contributed by atoms with Crippen molar-refractivity contribution in [3.8, 4) is 22.6 Å². The summed E-state index contributed by atoms with van der Waals surface area (Å²) in [5.41, 5.74) is 2.24. The van der Waals surface area contributed by atoms with Crippen molar-refractivity contribution in [2.24, 2.45) is 4.99 Å². The number of nitrogens with one attached hydrogen (secondary N) is 2. The molecule has 0 amide bonds. The van der Waals surface area contributed by atoms with Crippen molar-refractivity contribution in [3.05, 3.63) is 82.5 Å². The molecule has 16 heteroatoms. The number of aliphatic carboxylic acids is 1. The second-order valence-corrected chi connectivity index (χ2v) is 11.4. The van der Waals surface area contributed by atoms with E-state index >= 15 is 0 Å². The van der Waals surface area contributed by atoms with E-state index in [1.807, 2.05) is 6.08 Å². The first kappa shape index (κ1) is 33.7. The standard InChI is InChI=1S/C33H31N3O13/c37-11-1-9-35-26(31(42)43)32(44)46-16-25-28(40)29(41)30(49-36-13-18-8-10-34-23(18)14-36)33(48-25)47-20-6-7-21-24(12-20)45-15-22(27(21)39)17-2-4-19(38)5-3-17/h2-8,10-12,14-15,25-26,28-30,33,35,38,40-41H,1,9,13,16H2,(H,42,43)/p+1. The number of carboxylic acids is 1. The Bertz CT molecular complexity index is 1890. The number of nitrogens with zero attached hydrogens (tertiary/aromatic N) is 1. The Kier molecular flexibility index (Phi) is 9.95. The zero-order chi connectivity index (χ0) is 34.7. The molecule has 0 bridgehead atoms. The fourth-order valence-electron chi connectivity index (χ4n) is 5.52. The number of allylic oxidation sites excluding steroid dienone is 1. The number of ether oxygens (including phenoxy) is 3. The number of aromatic hydroxyl groups is 1. The molecular formula is C33H32N3O13+. The summed E-state index contributed by atoms with van der Waals surface area (Å²) in [6.45, 7) is -0.398. The van der Waals surface area contributed by atoms with Crippen molar-refractivity contribution in [1.82, 2.24) is 5.32 Å². The molecule has 0 aliphatic carbocycles. The maximum absolute atomic E-state index is 13.3. The average molecular weight is 679 g/mol. The van der Waals surface area contributed by atoms with E-state index < -0.39 is 55.3 Å². The summed E-state index contributed by atoms with van der Waals surface area (Å²) in [5, 5.41) is 44.3. The van der Waals surface area contributed by atoms with Gasteiger partial charge in [-0.05, 0) is 35.9 Å². The lowest BCUT2D eigenvalue weighted by atomic mass is 9.99. The predicted molar refractivity (Wildman–Crippen MR) is 167 cm³/mol. The molecule has 7 atom stereocenters. The van der Waals surface area contributed by atoms with Crippen molar-refractivity contribution >= 4 is 35.4 Å². The van der Waals surface area contributed by atoms with Crippen LogP contribution < -0.4 is 20.5 Å². The zero-order valence-corrected chi connectivity index (χ0v) is 25.6. The summed E-state index contributed by atoms with van der Waals surface area (Å²) in [5.74, 6) is -2.56. The number of rotatable bonds is 13. The molecule has 1 fully saturated rings. The topological polar surface area (TPSA) is 228 Å². The van der Waals surface area contributed by atoms with Gasteiger partial charge in [-0.2, -0.15) is 9.90 Å². The van der Waals surface area contributed by atoms with Crippen LogP contribution in [-0.4, -0.2) is 101 Å². The van der Waals surface area contributed by atoms with Gasteiger partial charge >= 0.3 is 11.9 Å². The number of quaternary nitrogens is 1. The summed E-state index contributed by atoms with van der Waals surface area (Å²) >= 11 is 0. The van der Waals surface area contributed by atoms with Crippen LogP contribution in [0.5, 0.6) is 11.5 Å². The van der Waals surface area contributed by atoms with Crippen LogP contribution >= 0.6 is 0 Å². The lowest BCUT2D eigenvalue weighted by Crippen LogP contribution is -3.07. The molecule has 256 valence electrons. The van der Waals surface area contributed by atoms with E-state index in [2.05, 4.69) is 10.3 Å². The number of hydrogen-bond acceptors (Lipinski definition) is 14. The molecule has 16 nitrogen and oxygen atoms in total. The first-order valence-corrected chi connectivity index (χ1v) is 15.2. The van der Waals surface area contributed by atoms with E-state index in [-0.39, 0.29) is 46.4 Å². The minimum Gasteiger partial charge on any atom is -0.508 e. The van der Waals surface area contributed by atoms with Gasteiger partial charge in [-0.1, -0.05) is 12.1 Å². The molecule has 4 heterocycles. The molecule has 1 saturated heterocycles. The number of aliphatic hydroxyl groups is 2. The Balaban J connectivity index is 1.22. The fourth-order valence-corrected chi connectivity index (χ4v) is 5.52. The smallest absolute Gasteiger partial charge is 0.334 e. The van der Waals surface area contributed by atoms with Crippen LogP contribution in [-0.2, 0) is 28.7 Å². The summed E-state index contributed by atoms with van der Waals surface area (Å²) < 4.78 is 22.9. The van der Waals surface area contributed by atoms with Crippen LogP contribution in [0.4, 0.5) is 0 Å². The lowest BCUT2D eigenvalue weighted by molar-refractivity contribution is -1.05. The minimum atomic E-state index is -1.79. The Labute approximate surface area is 277 Å². The second-order valence-electron chi connectivity index (χ2n) is 11.4. The number of aldehydes is 1. The number of aliphatic imine (C=N–C) groups is 1. The predicted octanol–water partition coefficient (Wildman–Crippen LogP) is -0.783. The lowest BCUT2D eigenvalue weighted by Gasteiger charge is -2.41. The maximum Gasteiger partial charge on any atom is 0.334 e. The maximum atomic E-state index is 13.3. The number of carbonyl (C=O) groups is 3. The van der Waals surface area contributed by atoms with Crippen LogP contribution in [0, 0.1) is 0 Å². The van der Waals surface area contributed by atoms with E-state index in [0.717, 1.165) is 5.57 Å². The molecule has 3 aliphatic rings. The highest BCUT2D eigenvalue weighted by Gasteiger charge is 2.50. The number of fused-ring (bicyclic) bond motifs is 2. The van der Waals surface area contributed by atoms with Gasteiger partial charge in [0.1, 0.15) is 66.8 Å². The highest BCUT2D eigenvalue weighted by molar-refractivity contribution is 5.98. The first-order chi connectivity index (χ1) is 23.6. The van der Waals surface area contributed by atoms with Gasteiger partial charge < -0.3 is 43.8 Å². The Morgan fingerprint density at radius 1 is 1.14 bits per heavy atom. The van der Waals surface area contributed by atoms with Gasteiger partial charge in [-0.3, -0.25) is 15.1 Å². The van der Waals surface area contributed by atoms with Crippen LogP contribution in [0.15, 0.2) is 86.5 Å². The summed E-state index contributed by atoms with van der Waals surface area (Å²) in [6.07, 6.45) is -0.484. The van der Waals surface area contributed by atoms with Crippen molar-refractivity contribution in [2.75, 3.05) is 19.7 Å². The number of phenols is 1. The number of hydrogen-bond donors (Lipinski definition) is 6. The molecule has 0 spiro atoms. The number of carboxylic acid groups (broad SMARTS) is 1. The van der Waals surface area contributed by atoms with Crippen molar-refractivity contribution < 1.29 is 63.3 Å². The summed E-state index contributed by atoms with van der Waals surface area (Å²) in [4.78, 5) is 58.3. The Hall–Kier alpha value is -5.23. The number of benzene rings is 2. The SMILES string of the molecule is O=CCCNC(C(=O)O)C(=O)OCC1OC(Oc2ccc3c(=O)c(-c4ccc(O)cc4)coc3c2)C(O[NH+]2C=C3N=CC=C3C2)C(O)C1O. The monoisotopic (exact) mass is 678 g/mol. The van der Waals surface area contributed by atoms with Crippen LogP contribution in [0.3, 0.4) is 0 Å². The number of hydroxylamine groups is 2. The molecule has 0 radical (unpaired) electrons. The molecule has 0 saturated carbocycles. The Morgan fingerprint density at radius 2 is 1.94 bits per heavy atom.